The van der Waals surface area contributed by atoms with Crippen molar-refractivity contribution >= 4 is 8.32 Å². The van der Waals surface area contributed by atoms with Crippen LogP contribution in [0.3, 0.4) is 0 Å². The van der Waals surface area contributed by atoms with E-state index in [-0.39, 0.29) is 19.3 Å². The zero-order valence-electron chi connectivity index (χ0n) is 13.3. The second kappa shape index (κ2) is 9.33. The quantitative estimate of drug-likeness (QED) is 0.652. The molecule has 1 aromatic carbocycles. The van der Waals surface area contributed by atoms with Gasteiger partial charge in [-0.25, -0.2) is 0 Å². The molecule has 0 heterocycles. The largest absolute Gasteiger partial charge is 0.415 e. The van der Waals surface area contributed by atoms with Crippen molar-refractivity contribution < 1.29 is 19.4 Å². The summed E-state index contributed by atoms with van der Waals surface area (Å²) in [5.74, 6) is 0. The van der Waals surface area contributed by atoms with Crippen molar-refractivity contribution in [1.82, 2.24) is 0 Å². The van der Waals surface area contributed by atoms with Crippen molar-refractivity contribution in [1.29, 1.82) is 0 Å². The molecule has 0 fully saturated rings. The van der Waals surface area contributed by atoms with E-state index in [9.17, 15) is 5.11 Å². The second-order valence-electron chi connectivity index (χ2n) is 6.25. The van der Waals surface area contributed by atoms with Crippen LogP contribution in [-0.2, 0) is 15.8 Å². The number of ether oxygens (including phenoxy) is 1. The predicted octanol–water partition coefficient (Wildman–Crippen LogP) is 2.56. The van der Waals surface area contributed by atoms with Gasteiger partial charge in [0.15, 0.2) is 8.32 Å². The lowest BCUT2D eigenvalue weighted by Crippen LogP contribution is -2.35. The highest BCUT2D eigenvalue weighted by molar-refractivity contribution is 6.69. The Hall–Kier alpha value is -0.723. The molecule has 0 aliphatic heterocycles. The molecule has 0 spiro atoms. The Labute approximate surface area is 128 Å². The summed E-state index contributed by atoms with van der Waals surface area (Å²) in [5, 5.41) is 19.1. The van der Waals surface area contributed by atoms with Gasteiger partial charge in [0.25, 0.3) is 0 Å². The standard InChI is InChI=1S/C16H28O4Si/c1-21(2,3)20-16(9-10-17)11-15(18)13-19-12-14-7-5-4-6-8-14/h4-8,15-18H,9-13H2,1-3H3/t15-,16-/m1/s1. The third kappa shape index (κ3) is 9.01. The molecule has 0 amide bonds. The van der Waals surface area contributed by atoms with E-state index < -0.39 is 14.4 Å². The Morgan fingerprint density at radius 1 is 1.14 bits per heavy atom. The Bertz CT molecular complexity index is 378. The number of hydrogen-bond donors (Lipinski definition) is 2. The first-order chi connectivity index (χ1) is 9.90. The number of rotatable bonds is 10. The number of benzene rings is 1. The highest BCUT2D eigenvalue weighted by atomic mass is 28.4. The maximum Gasteiger partial charge on any atom is 0.184 e. The van der Waals surface area contributed by atoms with Crippen molar-refractivity contribution in [3.63, 3.8) is 0 Å². The van der Waals surface area contributed by atoms with Crippen LogP contribution >= 0.6 is 0 Å². The van der Waals surface area contributed by atoms with Gasteiger partial charge in [-0.05, 0) is 31.6 Å². The van der Waals surface area contributed by atoms with E-state index in [2.05, 4.69) is 19.6 Å². The van der Waals surface area contributed by atoms with Gasteiger partial charge < -0.3 is 19.4 Å². The Balaban J connectivity index is 2.31. The fraction of sp³-hybridized carbons (Fsp3) is 0.625. The summed E-state index contributed by atoms with van der Waals surface area (Å²) in [6, 6.07) is 9.89. The van der Waals surface area contributed by atoms with Crippen molar-refractivity contribution in [2.45, 2.75) is 51.3 Å². The van der Waals surface area contributed by atoms with Crippen LogP contribution in [0.2, 0.25) is 19.6 Å². The Morgan fingerprint density at radius 2 is 1.81 bits per heavy atom. The third-order valence-corrected chi connectivity index (χ3v) is 3.97. The van der Waals surface area contributed by atoms with Crippen LogP contribution in [0, 0.1) is 0 Å². The topological polar surface area (TPSA) is 58.9 Å². The summed E-state index contributed by atoms with van der Waals surface area (Å²) < 4.78 is 11.5. The van der Waals surface area contributed by atoms with Crippen molar-refractivity contribution in [2.24, 2.45) is 0 Å². The Kier molecular flexibility index (Phi) is 8.14. The average Bonchev–Trinajstić information content (AvgIpc) is 2.38. The Morgan fingerprint density at radius 3 is 2.38 bits per heavy atom. The molecule has 2 N–H and O–H groups in total. The minimum absolute atomic E-state index is 0.0761. The summed E-state index contributed by atoms with van der Waals surface area (Å²) >= 11 is 0. The smallest absolute Gasteiger partial charge is 0.184 e. The molecule has 0 aromatic heterocycles. The van der Waals surface area contributed by atoms with Crippen LogP contribution in [-0.4, -0.2) is 44.0 Å². The zero-order valence-corrected chi connectivity index (χ0v) is 14.3. The first-order valence-electron chi connectivity index (χ1n) is 7.49. The summed E-state index contributed by atoms with van der Waals surface area (Å²) in [5.41, 5.74) is 1.09. The average molecular weight is 312 g/mol. The first-order valence-corrected chi connectivity index (χ1v) is 10.9. The van der Waals surface area contributed by atoms with Crippen molar-refractivity contribution in [3.05, 3.63) is 35.9 Å². The van der Waals surface area contributed by atoms with Gasteiger partial charge in [0, 0.05) is 19.1 Å². The molecule has 21 heavy (non-hydrogen) atoms. The van der Waals surface area contributed by atoms with E-state index in [1.807, 2.05) is 30.3 Å². The van der Waals surface area contributed by atoms with Crippen LogP contribution in [0.15, 0.2) is 30.3 Å². The first kappa shape index (κ1) is 18.3. The van der Waals surface area contributed by atoms with Crippen LogP contribution in [0.25, 0.3) is 0 Å². The lowest BCUT2D eigenvalue weighted by atomic mass is 10.1. The van der Waals surface area contributed by atoms with Crippen molar-refractivity contribution in [3.8, 4) is 0 Å². The number of aliphatic hydroxyl groups excluding tert-OH is 2. The molecule has 0 bridgehead atoms. The summed E-state index contributed by atoms with van der Waals surface area (Å²) in [4.78, 5) is 0. The van der Waals surface area contributed by atoms with Gasteiger partial charge in [-0.15, -0.1) is 0 Å². The molecular weight excluding hydrogens is 284 g/mol. The van der Waals surface area contributed by atoms with Crippen molar-refractivity contribution in [2.75, 3.05) is 13.2 Å². The van der Waals surface area contributed by atoms with E-state index in [4.69, 9.17) is 14.3 Å². The molecule has 0 saturated carbocycles. The van der Waals surface area contributed by atoms with Crippen LogP contribution in [0.4, 0.5) is 0 Å². The highest BCUT2D eigenvalue weighted by Gasteiger charge is 2.23. The molecular formula is C16H28O4Si. The molecule has 0 saturated heterocycles. The highest BCUT2D eigenvalue weighted by Crippen LogP contribution is 2.15. The molecule has 4 nitrogen and oxygen atoms in total. The van der Waals surface area contributed by atoms with Crippen LogP contribution in [0.5, 0.6) is 0 Å². The van der Waals surface area contributed by atoms with E-state index in [1.165, 1.54) is 0 Å². The lowest BCUT2D eigenvalue weighted by Gasteiger charge is -2.27. The molecule has 0 aliphatic carbocycles. The van der Waals surface area contributed by atoms with Crippen LogP contribution in [0.1, 0.15) is 18.4 Å². The molecule has 1 aromatic rings. The minimum atomic E-state index is -1.67. The lowest BCUT2D eigenvalue weighted by molar-refractivity contribution is 0.000629. The van der Waals surface area contributed by atoms with Gasteiger partial charge >= 0.3 is 0 Å². The normalized spacial score (nSPS) is 14.9. The zero-order chi connectivity index (χ0) is 15.7. The van der Waals surface area contributed by atoms with Crippen LogP contribution < -0.4 is 0 Å². The maximum absolute atomic E-state index is 10.0. The van der Waals surface area contributed by atoms with Gasteiger partial charge in [0.05, 0.1) is 19.3 Å². The minimum Gasteiger partial charge on any atom is -0.415 e. The van der Waals surface area contributed by atoms with Gasteiger partial charge in [-0.3, -0.25) is 0 Å². The number of hydrogen-bond acceptors (Lipinski definition) is 4. The van der Waals surface area contributed by atoms with E-state index in [1.54, 1.807) is 0 Å². The molecule has 120 valence electrons. The van der Waals surface area contributed by atoms with Gasteiger partial charge in [-0.2, -0.15) is 0 Å². The maximum atomic E-state index is 10.0. The molecule has 1 rings (SSSR count). The third-order valence-electron chi connectivity index (χ3n) is 2.93. The number of aliphatic hydroxyl groups is 2. The predicted molar refractivity (Wildman–Crippen MR) is 86.6 cm³/mol. The summed E-state index contributed by atoms with van der Waals surface area (Å²) in [6.45, 7) is 7.18. The van der Waals surface area contributed by atoms with E-state index in [0.717, 1.165) is 5.56 Å². The van der Waals surface area contributed by atoms with E-state index >= 15 is 0 Å². The monoisotopic (exact) mass is 312 g/mol. The molecule has 2 atom stereocenters. The molecule has 5 heteroatoms. The fourth-order valence-electron chi connectivity index (χ4n) is 2.13. The fourth-order valence-corrected chi connectivity index (χ4v) is 3.34. The molecule has 0 radical (unpaired) electrons. The van der Waals surface area contributed by atoms with E-state index in [0.29, 0.717) is 19.4 Å². The molecule has 0 aliphatic rings. The summed E-state index contributed by atoms with van der Waals surface area (Å²) in [7, 11) is -1.67. The summed E-state index contributed by atoms with van der Waals surface area (Å²) in [6.07, 6.45) is 0.387. The van der Waals surface area contributed by atoms with Gasteiger partial charge in [-0.1, -0.05) is 30.3 Å². The van der Waals surface area contributed by atoms with Gasteiger partial charge in [0.2, 0.25) is 0 Å². The molecule has 0 unspecified atom stereocenters. The van der Waals surface area contributed by atoms with Gasteiger partial charge in [0.1, 0.15) is 0 Å². The second-order valence-corrected chi connectivity index (χ2v) is 10.7. The SMILES string of the molecule is C[Si](C)(C)O[C@H](CCO)C[C@@H](O)COCc1ccccc1.